The lowest BCUT2D eigenvalue weighted by atomic mass is 9.89. The number of ether oxygens (including phenoxy) is 4. The molecule has 1 unspecified atom stereocenters. The SMILES string of the molecule is CC(C)OCCCOc1nn(C2CCC(N3[C@@H]4CC[C@H]3COC4)CC2)cc1Nc1ncc(-c2ccc(C#N)c(OC(C)Cn3cnnn3)c2)cn1. The molecule has 2 saturated heterocycles. The van der Waals surface area contributed by atoms with Gasteiger partial charge in [0.2, 0.25) is 5.95 Å². The molecule has 3 atom stereocenters. The highest BCUT2D eigenvalue weighted by Crippen LogP contribution is 2.39. The van der Waals surface area contributed by atoms with Gasteiger partial charge in [-0.15, -0.1) is 10.2 Å². The summed E-state index contributed by atoms with van der Waals surface area (Å²) in [7, 11) is 0. The zero-order chi connectivity index (χ0) is 35.2. The van der Waals surface area contributed by atoms with Gasteiger partial charge in [-0.3, -0.25) is 9.58 Å². The van der Waals surface area contributed by atoms with E-state index in [1.54, 1.807) is 23.1 Å². The molecule has 0 amide bonds. The van der Waals surface area contributed by atoms with Crippen molar-refractivity contribution in [3.8, 4) is 28.8 Å². The lowest BCUT2D eigenvalue weighted by Crippen LogP contribution is -2.52. The Labute approximate surface area is 298 Å². The minimum Gasteiger partial charge on any atom is -0.487 e. The van der Waals surface area contributed by atoms with Crippen LogP contribution in [-0.4, -0.2) is 102 Å². The Bertz CT molecular complexity index is 1730. The molecule has 15 heteroatoms. The first-order valence-corrected chi connectivity index (χ1v) is 18.1. The summed E-state index contributed by atoms with van der Waals surface area (Å²) in [4.78, 5) is 12.0. The monoisotopic (exact) mass is 697 g/mol. The van der Waals surface area contributed by atoms with Crippen molar-refractivity contribution in [3.63, 3.8) is 0 Å². The van der Waals surface area contributed by atoms with Crippen molar-refractivity contribution in [2.24, 2.45) is 0 Å². The van der Waals surface area contributed by atoms with Crippen LogP contribution in [0.25, 0.3) is 11.1 Å². The topological polar surface area (TPSA) is 163 Å². The van der Waals surface area contributed by atoms with Gasteiger partial charge < -0.3 is 24.3 Å². The standard InChI is InChI=1S/C36H47N11O4/c1-24(2)49-13-4-14-50-35-33(20-46(42-35)29-7-9-30(10-8-29)47-31-11-12-32(47)22-48-21-31)41-36-38-17-28(18-39-36)26-5-6-27(16-37)34(15-26)51-25(3)19-45-23-40-43-44-45/h5-6,15,17-18,20,23-25,29-32H,4,7-14,19,21-22H2,1-3H3,(H,38,39,41)/t25?,29?,30?,31-,32+. The van der Waals surface area contributed by atoms with Crippen LogP contribution in [0, 0.1) is 11.3 Å². The second-order valence-corrected chi connectivity index (χ2v) is 14.0. The second-order valence-electron chi connectivity index (χ2n) is 14.0. The molecule has 15 nitrogen and oxygen atoms in total. The van der Waals surface area contributed by atoms with Gasteiger partial charge in [0.1, 0.15) is 29.9 Å². The summed E-state index contributed by atoms with van der Waals surface area (Å²) >= 11 is 0. The van der Waals surface area contributed by atoms with Gasteiger partial charge in [0.25, 0.3) is 5.88 Å². The molecule has 3 aliphatic rings. The van der Waals surface area contributed by atoms with Gasteiger partial charge in [0.15, 0.2) is 0 Å². The van der Waals surface area contributed by atoms with Crippen LogP contribution in [-0.2, 0) is 16.0 Å². The second kappa shape index (κ2) is 16.1. The summed E-state index contributed by atoms with van der Waals surface area (Å²) in [5.41, 5.74) is 2.77. The van der Waals surface area contributed by atoms with Gasteiger partial charge in [-0.25, -0.2) is 14.6 Å². The molecular formula is C36H47N11O4. The van der Waals surface area contributed by atoms with E-state index < -0.39 is 0 Å². The molecule has 2 aliphatic heterocycles. The number of tetrazole rings is 1. The highest BCUT2D eigenvalue weighted by atomic mass is 16.5. The fraction of sp³-hybridized carbons (Fsp3) is 0.583. The van der Waals surface area contributed by atoms with Crippen molar-refractivity contribution in [2.75, 3.05) is 31.7 Å². The molecule has 270 valence electrons. The molecular weight excluding hydrogens is 650 g/mol. The molecule has 4 aromatic rings. The van der Waals surface area contributed by atoms with Gasteiger partial charge in [-0.1, -0.05) is 6.07 Å². The lowest BCUT2D eigenvalue weighted by Gasteiger charge is -2.43. The summed E-state index contributed by atoms with van der Waals surface area (Å²) in [5.74, 6) is 1.43. The molecule has 3 fully saturated rings. The Balaban J connectivity index is 1.02. The van der Waals surface area contributed by atoms with E-state index in [0.29, 0.717) is 67.1 Å². The summed E-state index contributed by atoms with van der Waals surface area (Å²) in [5, 5.41) is 29.2. The maximum Gasteiger partial charge on any atom is 0.256 e. The predicted molar refractivity (Wildman–Crippen MR) is 188 cm³/mol. The first kappa shape index (κ1) is 34.8. The average molecular weight is 698 g/mol. The molecule has 7 rings (SSSR count). The Kier molecular flexibility index (Phi) is 11.0. The van der Waals surface area contributed by atoms with Crippen molar-refractivity contribution >= 4 is 11.6 Å². The molecule has 1 N–H and O–H groups in total. The third kappa shape index (κ3) is 8.46. The van der Waals surface area contributed by atoms with Gasteiger partial charge in [-0.2, -0.15) is 5.26 Å². The zero-order valence-electron chi connectivity index (χ0n) is 29.6. The van der Waals surface area contributed by atoms with Crippen molar-refractivity contribution in [2.45, 2.75) is 109 Å². The molecule has 1 aromatic carbocycles. The summed E-state index contributed by atoms with van der Waals surface area (Å²) in [6.45, 7) is 9.27. The first-order valence-electron chi connectivity index (χ1n) is 18.1. The van der Waals surface area contributed by atoms with E-state index in [4.69, 9.17) is 24.0 Å². The number of aromatic nitrogens is 8. The van der Waals surface area contributed by atoms with Crippen LogP contribution in [0.5, 0.6) is 11.6 Å². The maximum absolute atomic E-state index is 9.69. The third-order valence-electron chi connectivity index (χ3n) is 9.93. The highest BCUT2D eigenvalue weighted by molar-refractivity contribution is 5.67. The first-order chi connectivity index (χ1) is 24.9. The molecule has 5 heterocycles. The predicted octanol–water partition coefficient (Wildman–Crippen LogP) is 4.95. The number of benzene rings is 1. The fourth-order valence-electron chi connectivity index (χ4n) is 7.51. The van der Waals surface area contributed by atoms with Crippen molar-refractivity contribution in [1.82, 2.24) is 44.9 Å². The van der Waals surface area contributed by atoms with Gasteiger partial charge in [0, 0.05) is 42.5 Å². The third-order valence-corrected chi connectivity index (χ3v) is 9.93. The summed E-state index contributed by atoms with van der Waals surface area (Å²) in [6, 6.07) is 9.73. The van der Waals surface area contributed by atoms with Gasteiger partial charge >= 0.3 is 0 Å². The molecule has 1 saturated carbocycles. The van der Waals surface area contributed by atoms with E-state index in [1.807, 2.05) is 39.1 Å². The Morgan fingerprint density at radius 3 is 2.41 bits per heavy atom. The van der Waals surface area contributed by atoms with E-state index in [2.05, 4.69) is 46.5 Å². The number of rotatable bonds is 15. The van der Waals surface area contributed by atoms with E-state index in [1.165, 1.54) is 19.2 Å². The van der Waals surface area contributed by atoms with Crippen molar-refractivity contribution in [1.29, 1.82) is 5.26 Å². The number of fused-ring (bicyclic) bond motifs is 2. The number of nitrogens with zero attached hydrogens (tertiary/aromatic N) is 10. The van der Waals surface area contributed by atoms with Crippen molar-refractivity contribution < 1.29 is 18.9 Å². The van der Waals surface area contributed by atoms with Crippen LogP contribution in [0.3, 0.4) is 0 Å². The Hall–Kier alpha value is -4.65. The minimum atomic E-state index is -0.270. The Morgan fingerprint density at radius 1 is 0.961 bits per heavy atom. The molecule has 1 aliphatic carbocycles. The highest BCUT2D eigenvalue weighted by Gasteiger charge is 2.42. The molecule has 51 heavy (non-hydrogen) atoms. The van der Waals surface area contributed by atoms with E-state index >= 15 is 0 Å². The van der Waals surface area contributed by atoms with Gasteiger partial charge in [0.05, 0.1) is 56.9 Å². The molecule has 0 spiro atoms. The lowest BCUT2D eigenvalue weighted by molar-refractivity contribution is -0.0458. The number of hydrogen-bond donors (Lipinski definition) is 1. The quantitative estimate of drug-likeness (QED) is 0.166. The summed E-state index contributed by atoms with van der Waals surface area (Å²) in [6.07, 6.45) is 14.7. The smallest absolute Gasteiger partial charge is 0.256 e. The number of nitriles is 1. The van der Waals surface area contributed by atoms with Crippen LogP contribution < -0.4 is 14.8 Å². The molecule has 2 bridgehead atoms. The van der Waals surface area contributed by atoms with E-state index in [-0.39, 0.29) is 12.2 Å². The maximum atomic E-state index is 9.69. The zero-order valence-corrected chi connectivity index (χ0v) is 29.6. The van der Waals surface area contributed by atoms with Crippen LogP contribution >= 0.6 is 0 Å². The van der Waals surface area contributed by atoms with E-state index in [0.717, 1.165) is 62.1 Å². The Morgan fingerprint density at radius 2 is 1.71 bits per heavy atom. The minimum absolute atomic E-state index is 0.180. The van der Waals surface area contributed by atoms with Crippen LogP contribution in [0.4, 0.5) is 11.6 Å². The van der Waals surface area contributed by atoms with Crippen LogP contribution in [0.1, 0.15) is 77.3 Å². The largest absolute Gasteiger partial charge is 0.487 e. The fourth-order valence-corrected chi connectivity index (χ4v) is 7.51. The number of anilines is 2. The van der Waals surface area contributed by atoms with Gasteiger partial charge in [-0.05, 0) is 87.4 Å². The normalized spacial score (nSPS) is 22.5. The van der Waals surface area contributed by atoms with Crippen LogP contribution in [0.15, 0.2) is 43.1 Å². The number of hydrogen-bond acceptors (Lipinski definition) is 13. The summed E-state index contributed by atoms with van der Waals surface area (Å²) < 4.78 is 27.5. The molecule has 3 aromatic heterocycles. The number of morpholine rings is 1. The van der Waals surface area contributed by atoms with E-state index in [9.17, 15) is 5.26 Å². The molecule has 0 radical (unpaired) electrons. The average Bonchev–Trinajstić information content (AvgIpc) is 3.86. The van der Waals surface area contributed by atoms with Crippen molar-refractivity contribution in [3.05, 3.63) is 48.7 Å². The van der Waals surface area contributed by atoms with Crippen LogP contribution in [0.2, 0.25) is 0 Å². The number of nitrogens with one attached hydrogen (secondary N) is 1.